The van der Waals surface area contributed by atoms with Gasteiger partial charge in [0, 0.05) is 19.0 Å². The van der Waals surface area contributed by atoms with E-state index < -0.39 is 15.8 Å². The van der Waals surface area contributed by atoms with E-state index in [0.717, 1.165) is 6.07 Å². The Kier molecular flexibility index (Phi) is 3.27. The summed E-state index contributed by atoms with van der Waals surface area (Å²) >= 11 is 0. The zero-order chi connectivity index (χ0) is 14.2. The van der Waals surface area contributed by atoms with Crippen LogP contribution in [0.3, 0.4) is 0 Å². The van der Waals surface area contributed by atoms with Gasteiger partial charge in [-0.15, -0.1) is 0 Å². The Morgan fingerprint density at radius 1 is 1.35 bits per heavy atom. The van der Waals surface area contributed by atoms with E-state index in [9.17, 15) is 12.8 Å². The highest BCUT2D eigenvalue weighted by Crippen LogP contribution is 2.29. The number of sulfonamides is 1. The van der Waals surface area contributed by atoms with E-state index in [4.69, 9.17) is 0 Å². The monoisotopic (exact) mass is 297 g/mol. The Labute approximate surface area is 115 Å². The van der Waals surface area contributed by atoms with Gasteiger partial charge in [0.2, 0.25) is 16.4 Å². The standard InChI is InChI=1S/C12H12FN3O3S/c13-10-3-1-2-4-11(10)20(17,18)16-6-5-9(7-16)12-14-8-19-15-12/h1-4,8-9H,5-7H2/t9-/m1/s1. The SMILES string of the molecule is O=S(=O)(c1ccccc1F)N1CC[C@@H](c2ncon2)C1. The molecular weight excluding hydrogens is 285 g/mol. The summed E-state index contributed by atoms with van der Waals surface area (Å²) in [4.78, 5) is 3.63. The Bertz CT molecular complexity index is 702. The van der Waals surface area contributed by atoms with Crippen molar-refractivity contribution in [3.05, 3.63) is 42.3 Å². The lowest BCUT2D eigenvalue weighted by Crippen LogP contribution is -2.29. The third kappa shape index (κ3) is 2.20. The van der Waals surface area contributed by atoms with Crippen LogP contribution in [0, 0.1) is 5.82 Å². The van der Waals surface area contributed by atoms with Gasteiger partial charge in [-0.1, -0.05) is 17.3 Å². The molecule has 2 aromatic rings. The Morgan fingerprint density at radius 3 is 2.85 bits per heavy atom. The molecule has 8 heteroatoms. The highest BCUT2D eigenvalue weighted by Gasteiger charge is 2.36. The number of rotatable bonds is 3. The number of halogens is 1. The molecule has 0 N–H and O–H groups in total. The number of hydrogen-bond donors (Lipinski definition) is 0. The third-order valence-electron chi connectivity index (χ3n) is 3.35. The summed E-state index contributed by atoms with van der Waals surface area (Å²) in [5.41, 5.74) is 0. The molecule has 3 rings (SSSR count). The molecule has 1 aliphatic heterocycles. The topological polar surface area (TPSA) is 76.3 Å². The molecule has 1 atom stereocenters. The maximum atomic E-state index is 13.7. The second kappa shape index (κ2) is 4.95. The van der Waals surface area contributed by atoms with Gasteiger partial charge in [-0.05, 0) is 18.6 Å². The number of aromatic nitrogens is 2. The quantitative estimate of drug-likeness (QED) is 0.855. The second-order valence-electron chi connectivity index (χ2n) is 4.57. The van der Waals surface area contributed by atoms with Crippen molar-refractivity contribution in [2.24, 2.45) is 0 Å². The number of benzene rings is 1. The third-order valence-corrected chi connectivity index (χ3v) is 5.25. The summed E-state index contributed by atoms with van der Waals surface area (Å²) in [5, 5.41) is 3.72. The van der Waals surface area contributed by atoms with Gasteiger partial charge in [0.25, 0.3) is 0 Å². The normalized spacial score (nSPS) is 20.4. The van der Waals surface area contributed by atoms with Gasteiger partial charge in [-0.25, -0.2) is 12.8 Å². The molecular formula is C12H12FN3O3S. The first kappa shape index (κ1) is 13.2. The van der Waals surface area contributed by atoms with Crippen molar-refractivity contribution in [3.8, 4) is 0 Å². The molecule has 0 amide bonds. The molecule has 0 saturated carbocycles. The summed E-state index contributed by atoms with van der Waals surface area (Å²) in [6.45, 7) is 0.548. The van der Waals surface area contributed by atoms with Crippen molar-refractivity contribution >= 4 is 10.0 Å². The van der Waals surface area contributed by atoms with Crippen LogP contribution in [0.4, 0.5) is 4.39 Å². The van der Waals surface area contributed by atoms with Gasteiger partial charge in [-0.3, -0.25) is 0 Å². The molecule has 2 heterocycles. The lowest BCUT2D eigenvalue weighted by molar-refractivity contribution is 0.403. The maximum Gasteiger partial charge on any atom is 0.246 e. The summed E-state index contributed by atoms with van der Waals surface area (Å²) < 4.78 is 44.4. The molecule has 0 aliphatic carbocycles. The second-order valence-corrected chi connectivity index (χ2v) is 6.47. The molecule has 1 aromatic carbocycles. The van der Waals surface area contributed by atoms with Gasteiger partial charge in [0.15, 0.2) is 5.82 Å². The molecule has 0 radical (unpaired) electrons. The van der Waals surface area contributed by atoms with E-state index in [1.807, 2.05) is 0 Å². The molecule has 0 unspecified atom stereocenters. The van der Waals surface area contributed by atoms with Gasteiger partial charge in [0.1, 0.15) is 10.7 Å². The summed E-state index contributed by atoms with van der Waals surface area (Å²) in [6, 6.07) is 5.37. The fourth-order valence-electron chi connectivity index (χ4n) is 2.31. The van der Waals surface area contributed by atoms with Crippen molar-refractivity contribution in [2.45, 2.75) is 17.2 Å². The minimum atomic E-state index is -3.82. The van der Waals surface area contributed by atoms with Crippen molar-refractivity contribution < 1.29 is 17.3 Å². The first-order valence-electron chi connectivity index (χ1n) is 6.10. The van der Waals surface area contributed by atoms with Crippen molar-refractivity contribution in [2.75, 3.05) is 13.1 Å². The van der Waals surface area contributed by atoms with Crippen LogP contribution >= 0.6 is 0 Å². The van der Waals surface area contributed by atoms with Crippen LogP contribution in [0.1, 0.15) is 18.2 Å². The van der Waals surface area contributed by atoms with Gasteiger partial charge >= 0.3 is 0 Å². The molecule has 0 spiro atoms. The van der Waals surface area contributed by atoms with Crippen LogP contribution in [-0.2, 0) is 10.0 Å². The van der Waals surface area contributed by atoms with E-state index in [2.05, 4.69) is 14.7 Å². The molecule has 106 valence electrons. The predicted molar refractivity (Wildman–Crippen MR) is 66.8 cm³/mol. The zero-order valence-corrected chi connectivity index (χ0v) is 11.3. The molecule has 20 heavy (non-hydrogen) atoms. The minimum absolute atomic E-state index is 0.115. The van der Waals surface area contributed by atoms with E-state index in [1.54, 1.807) is 0 Å². The minimum Gasteiger partial charge on any atom is -0.343 e. The van der Waals surface area contributed by atoms with Crippen LogP contribution in [0.2, 0.25) is 0 Å². The van der Waals surface area contributed by atoms with Crippen molar-refractivity contribution in [1.29, 1.82) is 0 Å². The average molecular weight is 297 g/mol. The highest BCUT2D eigenvalue weighted by atomic mass is 32.2. The smallest absolute Gasteiger partial charge is 0.246 e. The number of hydrogen-bond acceptors (Lipinski definition) is 5. The molecule has 1 saturated heterocycles. The van der Waals surface area contributed by atoms with Gasteiger partial charge in [-0.2, -0.15) is 9.29 Å². The fraction of sp³-hybridized carbons (Fsp3) is 0.333. The Morgan fingerprint density at radius 2 is 2.15 bits per heavy atom. The van der Waals surface area contributed by atoms with E-state index >= 15 is 0 Å². The highest BCUT2D eigenvalue weighted by molar-refractivity contribution is 7.89. The van der Waals surface area contributed by atoms with Gasteiger partial charge < -0.3 is 4.52 Å². The molecule has 6 nitrogen and oxygen atoms in total. The molecule has 1 fully saturated rings. The Hall–Kier alpha value is -1.80. The lowest BCUT2D eigenvalue weighted by Gasteiger charge is -2.16. The largest absolute Gasteiger partial charge is 0.343 e. The van der Waals surface area contributed by atoms with Crippen LogP contribution in [0.5, 0.6) is 0 Å². The molecule has 1 aliphatic rings. The van der Waals surface area contributed by atoms with Crippen LogP contribution in [0.15, 0.2) is 40.1 Å². The molecule has 0 bridgehead atoms. The maximum absolute atomic E-state index is 13.7. The first-order valence-corrected chi connectivity index (χ1v) is 7.54. The predicted octanol–water partition coefficient (Wildman–Crippen LogP) is 1.39. The zero-order valence-electron chi connectivity index (χ0n) is 10.4. The van der Waals surface area contributed by atoms with Crippen molar-refractivity contribution in [3.63, 3.8) is 0 Å². The summed E-state index contributed by atoms with van der Waals surface area (Å²) in [7, 11) is -3.82. The summed E-state index contributed by atoms with van der Waals surface area (Å²) in [5.74, 6) is -0.373. The van der Waals surface area contributed by atoms with Crippen LogP contribution in [-0.4, -0.2) is 36.0 Å². The molecule has 1 aromatic heterocycles. The van der Waals surface area contributed by atoms with E-state index in [0.29, 0.717) is 18.8 Å². The van der Waals surface area contributed by atoms with E-state index in [-0.39, 0.29) is 17.4 Å². The van der Waals surface area contributed by atoms with Crippen LogP contribution < -0.4 is 0 Å². The van der Waals surface area contributed by atoms with E-state index in [1.165, 1.54) is 28.9 Å². The summed E-state index contributed by atoms with van der Waals surface area (Å²) in [6.07, 6.45) is 1.80. The Balaban J connectivity index is 1.85. The fourth-order valence-corrected chi connectivity index (χ4v) is 3.87. The average Bonchev–Trinajstić information content (AvgIpc) is 3.10. The van der Waals surface area contributed by atoms with Crippen LogP contribution in [0.25, 0.3) is 0 Å². The van der Waals surface area contributed by atoms with Crippen molar-refractivity contribution in [1.82, 2.24) is 14.4 Å². The van der Waals surface area contributed by atoms with Gasteiger partial charge in [0.05, 0.1) is 0 Å². The first-order chi connectivity index (χ1) is 9.59. The number of nitrogens with zero attached hydrogens (tertiary/aromatic N) is 3. The lowest BCUT2D eigenvalue weighted by atomic mass is 10.1.